The van der Waals surface area contributed by atoms with Crippen LogP contribution in [0, 0.1) is 0 Å². The second-order valence-corrected chi connectivity index (χ2v) is 3.78. The van der Waals surface area contributed by atoms with E-state index in [2.05, 4.69) is 4.98 Å². The van der Waals surface area contributed by atoms with Crippen LogP contribution in [0.25, 0.3) is 11.0 Å². The molecule has 0 aliphatic carbocycles. The molecule has 86 valence electrons. The maximum Gasteiger partial charge on any atom is 0.253 e. The van der Waals surface area contributed by atoms with Crippen LogP contribution >= 0.6 is 0 Å². The molecule has 1 unspecified atom stereocenters. The molecule has 0 saturated heterocycles. The third-order valence-corrected chi connectivity index (χ3v) is 2.62. The lowest BCUT2D eigenvalue weighted by Gasteiger charge is -2.09. The average Bonchev–Trinajstić information content (AvgIpc) is 2.56. The molecule has 16 heavy (non-hydrogen) atoms. The van der Waals surface area contributed by atoms with Gasteiger partial charge in [0.05, 0.1) is 17.1 Å². The Morgan fingerprint density at radius 1 is 1.38 bits per heavy atom. The summed E-state index contributed by atoms with van der Waals surface area (Å²) in [5.41, 5.74) is 7.07. The first-order chi connectivity index (χ1) is 7.59. The van der Waals surface area contributed by atoms with Gasteiger partial charge >= 0.3 is 0 Å². The molecule has 0 spiro atoms. The monoisotopic (exact) mass is 225 g/mol. The van der Waals surface area contributed by atoms with E-state index in [1.165, 1.54) is 0 Å². The number of imidazole rings is 1. The molecule has 3 nitrogen and oxygen atoms in total. The van der Waals surface area contributed by atoms with Crippen molar-refractivity contribution in [1.29, 1.82) is 0 Å². The number of nitrogens with two attached hydrogens (primary N) is 1. The molecule has 0 aliphatic rings. The number of nitrogens with zero attached hydrogens (tertiary/aromatic N) is 2. The first-order valence-corrected chi connectivity index (χ1v) is 5.03. The number of alkyl halides is 2. The summed E-state index contributed by atoms with van der Waals surface area (Å²) in [6, 6.07) is 6.36. The average molecular weight is 225 g/mol. The molecule has 0 saturated carbocycles. The zero-order valence-electron chi connectivity index (χ0n) is 8.90. The maximum atomic E-state index is 12.3. The van der Waals surface area contributed by atoms with Crippen LogP contribution in [0.15, 0.2) is 24.3 Å². The molecule has 0 bridgehead atoms. The van der Waals surface area contributed by atoms with Gasteiger partial charge in [-0.1, -0.05) is 12.1 Å². The molecule has 1 atom stereocenters. The minimum atomic E-state index is -2.51. The molecule has 0 aliphatic heterocycles. The molecule has 2 aromatic rings. The van der Waals surface area contributed by atoms with Gasteiger partial charge in [0.1, 0.15) is 5.82 Å². The molecule has 1 aromatic heterocycles. The Balaban J connectivity index is 2.35. The van der Waals surface area contributed by atoms with Crippen molar-refractivity contribution in [3.63, 3.8) is 0 Å². The Kier molecular flexibility index (Phi) is 2.87. The number of hydrogen-bond acceptors (Lipinski definition) is 2. The molecule has 5 heteroatoms. The van der Waals surface area contributed by atoms with Crippen LogP contribution in [0.4, 0.5) is 8.78 Å². The van der Waals surface area contributed by atoms with E-state index in [1.807, 2.05) is 31.3 Å². The molecule has 2 N–H and O–H groups in total. The zero-order valence-corrected chi connectivity index (χ0v) is 8.90. The predicted octanol–water partition coefficient (Wildman–Crippen LogP) is 1.71. The first kappa shape index (κ1) is 11.0. The maximum absolute atomic E-state index is 12.3. The fourth-order valence-electron chi connectivity index (χ4n) is 1.68. The van der Waals surface area contributed by atoms with Crippen molar-refractivity contribution in [2.45, 2.75) is 18.9 Å². The van der Waals surface area contributed by atoms with Crippen molar-refractivity contribution in [3.8, 4) is 0 Å². The summed E-state index contributed by atoms with van der Waals surface area (Å²) in [6.07, 6.45) is -2.43. The second kappa shape index (κ2) is 4.17. The van der Waals surface area contributed by atoms with Crippen LogP contribution in [0.5, 0.6) is 0 Å². The van der Waals surface area contributed by atoms with Crippen LogP contribution in [0.2, 0.25) is 0 Å². The highest BCUT2D eigenvalue weighted by molar-refractivity contribution is 5.75. The van der Waals surface area contributed by atoms with E-state index in [9.17, 15) is 8.78 Å². The van der Waals surface area contributed by atoms with Gasteiger partial charge in [-0.15, -0.1) is 0 Å². The Morgan fingerprint density at radius 3 is 2.69 bits per heavy atom. The molecule has 0 amide bonds. The van der Waals surface area contributed by atoms with E-state index in [-0.39, 0.29) is 6.42 Å². The van der Waals surface area contributed by atoms with Gasteiger partial charge in [0.2, 0.25) is 0 Å². The number of aryl methyl sites for hydroxylation is 1. The number of hydrogen-bond donors (Lipinski definition) is 1. The fourth-order valence-corrected chi connectivity index (χ4v) is 1.68. The minimum absolute atomic E-state index is 0.0862. The summed E-state index contributed by atoms with van der Waals surface area (Å²) in [5.74, 6) is 0.592. The van der Waals surface area contributed by atoms with Gasteiger partial charge < -0.3 is 10.3 Å². The Morgan fingerprint density at radius 2 is 2.06 bits per heavy atom. The van der Waals surface area contributed by atoms with Crippen LogP contribution in [-0.4, -0.2) is 22.0 Å². The number of para-hydroxylation sites is 2. The van der Waals surface area contributed by atoms with E-state index >= 15 is 0 Å². The van der Waals surface area contributed by atoms with E-state index in [4.69, 9.17) is 5.73 Å². The lowest BCUT2D eigenvalue weighted by atomic mass is 10.2. The molecule has 1 aromatic carbocycles. The van der Waals surface area contributed by atoms with Crippen LogP contribution < -0.4 is 5.73 Å². The van der Waals surface area contributed by atoms with Gasteiger partial charge in [-0.25, -0.2) is 13.8 Å². The summed E-state index contributed by atoms with van der Waals surface area (Å²) < 4.78 is 26.5. The Labute approximate surface area is 91.9 Å². The lowest BCUT2D eigenvalue weighted by molar-refractivity contribution is 0.115. The van der Waals surface area contributed by atoms with Crippen molar-refractivity contribution in [1.82, 2.24) is 9.55 Å². The van der Waals surface area contributed by atoms with E-state index < -0.39 is 12.5 Å². The molecule has 0 radical (unpaired) electrons. The van der Waals surface area contributed by atoms with Crippen molar-refractivity contribution in [2.75, 3.05) is 0 Å². The van der Waals surface area contributed by atoms with Crippen molar-refractivity contribution in [2.24, 2.45) is 12.8 Å². The van der Waals surface area contributed by atoms with Gasteiger partial charge in [0.25, 0.3) is 6.43 Å². The summed E-state index contributed by atoms with van der Waals surface area (Å²) in [6.45, 7) is 0. The SMILES string of the molecule is Cn1c(CC(N)C(F)F)nc2ccccc21. The van der Waals surface area contributed by atoms with Crippen molar-refractivity contribution in [3.05, 3.63) is 30.1 Å². The van der Waals surface area contributed by atoms with E-state index in [1.54, 1.807) is 4.57 Å². The summed E-state index contributed by atoms with van der Waals surface area (Å²) in [4.78, 5) is 4.28. The van der Waals surface area contributed by atoms with Crippen LogP contribution in [0.1, 0.15) is 5.82 Å². The molecular weight excluding hydrogens is 212 g/mol. The molecule has 1 heterocycles. The lowest BCUT2D eigenvalue weighted by Crippen LogP contribution is -2.31. The summed E-state index contributed by atoms with van der Waals surface area (Å²) in [5, 5.41) is 0. The summed E-state index contributed by atoms with van der Waals surface area (Å²) >= 11 is 0. The predicted molar refractivity (Wildman–Crippen MR) is 58.4 cm³/mol. The third kappa shape index (κ3) is 1.90. The first-order valence-electron chi connectivity index (χ1n) is 5.03. The topological polar surface area (TPSA) is 43.8 Å². The zero-order chi connectivity index (χ0) is 11.7. The van der Waals surface area contributed by atoms with Crippen LogP contribution in [0.3, 0.4) is 0 Å². The number of halogens is 2. The standard InChI is InChI=1S/C11H13F2N3/c1-16-9-5-3-2-4-8(9)15-10(16)6-7(14)11(12)13/h2-5,7,11H,6,14H2,1H3. The number of rotatable bonds is 3. The third-order valence-electron chi connectivity index (χ3n) is 2.62. The van der Waals surface area contributed by atoms with Gasteiger partial charge in [-0.2, -0.15) is 0 Å². The number of aromatic nitrogens is 2. The van der Waals surface area contributed by atoms with E-state index in [0.717, 1.165) is 11.0 Å². The second-order valence-electron chi connectivity index (χ2n) is 3.78. The normalized spacial score (nSPS) is 13.6. The van der Waals surface area contributed by atoms with Gasteiger partial charge in [-0.3, -0.25) is 0 Å². The van der Waals surface area contributed by atoms with Crippen molar-refractivity contribution < 1.29 is 8.78 Å². The van der Waals surface area contributed by atoms with Gasteiger partial charge in [-0.05, 0) is 12.1 Å². The van der Waals surface area contributed by atoms with Gasteiger partial charge in [0, 0.05) is 13.5 Å². The number of benzene rings is 1. The van der Waals surface area contributed by atoms with Gasteiger partial charge in [0.15, 0.2) is 0 Å². The van der Waals surface area contributed by atoms with E-state index in [0.29, 0.717) is 5.82 Å². The highest BCUT2D eigenvalue weighted by Gasteiger charge is 2.18. The smallest absolute Gasteiger partial charge is 0.253 e. The highest BCUT2D eigenvalue weighted by atomic mass is 19.3. The molecule has 0 fully saturated rings. The van der Waals surface area contributed by atoms with Crippen LogP contribution in [-0.2, 0) is 13.5 Å². The summed E-state index contributed by atoms with van der Waals surface area (Å²) in [7, 11) is 1.81. The quantitative estimate of drug-likeness (QED) is 0.864. The Hall–Kier alpha value is -1.49. The Bertz CT molecular complexity index is 493. The molecular formula is C11H13F2N3. The highest BCUT2D eigenvalue weighted by Crippen LogP contribution is 2.16. The van der Waals surface area contributed by atoms with Crippen molar-refractivity contribution >= 4 is 11.0 Å². The largest absolute Gasteiger partial charge is 0.331 e. The molecule has 2 rings (SSSR count). The minimum Gasteiger partial charge on any atom is -0.331 e. The number of fused-ring (bicyclic) bond motifs is 1. The fraction of sp³-hybridized carbons (Fsp3) is 0.364.